The minimum atomic E-state index is -1.23. The lowest BCUT2D eigenvalue weighted by Crippen LogP contribution is -2.57. The highest BCUT2D eigenvalue weighted by Crippen LogP contribution is 2.51. The standard InChI is InChI=1S/C28H38N2O8/c1-3-21(33)28(36)30(14-16-7-5-4-6-8-16)20-13-19(27(35)29-9-10-31)23-18-11-17(15-32)12-22(37-2)25(18)38-26(23)24(20)34/h11-13,16,20,23-24,26,31-32,34H,3-10,14-15H2,1-2H3,(H,29,35)/t20-,23+,24+,26+/m1/s1. The molecular formula is C28H38N2O8. The molecule has 1 aromatic carbocycles. The number of benzene rings is 1. The Morgan fingerprint density at radius 2 is 1.89 bits per heavy atom. The lowest BCUT2D eigenvalue weighted by molar-refractivity contribution is -0.149. The highest BCUT2D eigenvalue weighted by atomic mass is 16.5. The molecule has 208 valence electrons. The fourth-order valence-corrected chi connectivity index (χ4v) is 5.92. The van der Waals surface area contributed by atoms with Crippen LogP contribution >= 0.6 is 0 Å². The van der Waals surface area contributed by atoms with Gasteiger partial charge in [-0.15, -0.1) is 0 Å². The van der Waals surface area contributed by atoms with E-state index in [0.29, 0.717) is 29.2 Å². The van der Waals surface area contributed by atoms with Crippen LogP contribution in [0.15, 0.2) is 23.8 Å². The Hall–Kier alpha value is -2.95. The van der Waals surface area contributed by atoms with Gasteiger partial charge in [0, 0.05) is 30.6 Å². The van der Waals surface area contributed by atoms with Crippen LogP contribution in [0.5, 0.6) is 11.5 Å². The summed E-state index contributed by atoms with van der Waals surface area (Å²) in [5.41, 5.74) is 1.40. The van der Waals surface area contributed by atoms with Crippen molar-refractivity contribution in [2.45, 2.75) is 76.2 Å². The number of rotatable bonds is 10. The number of methoxy groups -OCH3 is 1. The van der Waals surface area contributed by atoms with Gasteiger partial charge in [-0.25, -0.2) is 0 Å². The summed E-state index contributed by atoms with van der Waals surface area (Å²) < 4.78 is 11.7. The third kappa shape index (κ3) is 5.43. The van der Waals surface area contributed by atoms with Gasteiger partial charge in [0.25, 0.3) is 5.91 Å². The molecule has 2 aliphatic carbocycles. The second kappa shape index (κ2) is 12.3. The number of aliphatic hydroxyl groups excluding tert-OH is 3. The first kappa shape index (κ1) is 28.1. The van der Waals surface area contributed by atoms with E-state index in [1.54, 1.807) is 25.1 Å². The van der Waals surface area contributed by atoms with E-state index in [-0.39, 0.29) is 37.7 Å². The molecule has 1 fully saturated rings. The molecule has 0 radical (unpaired) electrons. The van der Waals surface area contributed by atoms with Crippen molar-refractivity contribution in [2.24, 2.45) is 5.92 Å². The smallest absolute Gasteiger partial charge is 0.290 e. The van der Waals surface area contributed by atoms with Crippen LogP contribution < -0.4 is 14.8 Å². The van der Waals surface area contributed by atoms with Gasteiger partial charge in [0.15, 0.2) is 11.5 Å². The van der Waals surface area contributed by atoms with Gasteiger partial charge in [-0.3, -0.25) is 14.4 Å². The second-order valence-corrected chi connectivity index (χ2v) is 10.3. The highest BCUT2D eigenvalue weighted by Gasteiger charge is 2.52. The minimum Gasteiger partial charge on any atom is -0.493 e. The number of carbonyl (C=O) groups excluding carboxylic acids is 3. The number of fused-ring (bicyclic) bond motifs is 3. The number of amides is 2. The summed E-state index contributed by atoms with van der Waals surface area (Å²) in [5, 5.41) is 33.4. The summed E-state index contributed by atoms with van der Waals surface area (Å²) in [5.74, 6) is -1.50. The molecule has 4 rings (SSSR count). The number of ether oxygens (including phenoxy) is 2. The molecule has 10 nitrogen and oxygen atoms in total. The summed E-state index contributed by atoms with van der Waals surface area (Å²) in [4.78, 5) is 40.7. The summed E-state index contributed by atoms with van der Waals surface area (Å²) in [6, 6.07) is 2.39. The molecule has 4 N–H and O–H groups in total. The number of hydrogen-bond acceptors (Lipinski definition) is 8. The lowest BCUT2D eigenvalue weighted by atomic mass is 9.76. The maximum absolute atomic E-state index is 13.4. The molecule has 1 aliphatic heterocycles. The number of Topliss-reactive ketones (excluding diaryl/α,β-unsaturated/α-hetero) is 1. The third-order valence-corrected chi connectivity index (χ3v) is 7.85. The molecule has 3 aliphatic rings. The van der Waals surface area contributed by atoms with E-state index in [0.717, 1.165) is 32.1 Å². The maximum atomic E-state index is 13.4. The fraction of sp³-hybridized carbons (Fsp3) is 0.607. The van der Waals surface area contributed by atoms with Crippen molar-refractivity contribution < 1.29 is 39.2 Å². The Balaban J connectivity index is 1.79. The van der Waals surface area contributed by atoms with Gasteiger partial charge in [-0.2, -0.15) is 0 Å². The summed E-state index contributed by atoms with van der Waals surface area (Å²) in [6.45, 7) is 1.43. The molecule has 4 atom stereocenters. The van der Waals surface area contributed by atoms with Crippen LogP contribution in [0.25, 0.3) is 0 Å². The van der Waals surface area contributed by atoms with Crippen molar-refractivity contribution in [3.05, 3.63) is 34.9 Å². The van der Waals surface area contributed by atoms with Crippen LogP contribution in [0.1, 0.15) is 62.5 Å². The van der Waals surface area contributed by atoms with Gasteiger partial charge >= 0.3 is 0 Å². The zero-order valence-corrected chi connectivity index (χ0v) is 22.0. The van der Waals surface area contributed by atoms with Gasteiger partial charge in [-0.05, 0) is 42.5 Å². The number of nitrogens with one attached hydrogen (secondary N) is 1. The van der Waals surface area contributed by atoms with Crippen molar-refractivity contribution in [1.29, 1.82) is 0 Å². The SMILES string of the molecule is CCC(=O)C(=O)N(CC1CCCCC1)[C@@H]1C=C(C(=O)NCCO)[C@@H]2c3cc(CO)cc(OC)c3O[C@@H]2[C@H]1O. The van der Waals surface area contributed by atoms with Gasteiger partial charge < -0.3 is 35.0 Å². The molecule has 0 spiro atoms. The van der Waals surface area contributed by atoms with Crippen molar-refractivity contribution in [3.8, 4) is 11.5 Å². The zero-order valence-electron chi connectivity index (χ0n) is 22.0. The second-order valence-electron chi connectivity index (χ2n) is 10.3. The van der Waals surface area contributed by atoms with Crippen molar-refractivity contribution in [1.82, 2.24) is 10.2 Å². The van der Waals surface area contributed by atoms with Gasteiger partial charge in [0.2, 0.25) is 11.7 Å². The van der Waals surface area contributed by atoms with E-state index in [1.807, 2.05) is 0 Å². The number of ketones is 1. The Kier molecular flexibility index (Phi) is 9.07. The third-order valence-electron chi connectivity index (χ3n) is 7.85. The molecular weight excluding hydrogens is 492 g/mol. The lowest BCUT2D eigenvalue weighted by Gasteiger charge is -2.42. The number of nitrogens with zero attached hydrogens (tertiary/aromatic N) is 1. The Labute approximate surface area is 222 Å². The van der Waals surface area contributed by atoms with E-state index in [9.17, 15) is 29.7 Å². The van der Waals surface area contributed by atoms with Crippen LogP contribution in [0.4, 0.5) is 0 Å². The normalized spacial score (nSPS) is 24.5. The van der Waals surface area contributed by atoms with Crippen LogP contribution in [-0.2, 0) is 21.0 Å². The number of aliphatic hydroxyl groups is 3. The molecule has 0 aromatic heterocycles. The van der Waals surface area contributed by atoms with Crippen molar-refractivity contribution >= 4 is 17.6 Å². The van der Waals surface area contributed by atoms with E-state index < -0.39 is 41.8 Å². The predicted molar refractivity (Wildman–Crippen MR) is 138 cm³/mol. The predicted octanol–water partition coefficient (Wildman–Crippen LogP) is 1.20. The average molecular weight is 531 g/mol. The Morgan fingerprint density at radius 1 is 1.16 bits per heavy atom. The van der Waals surface area contributed by atoms with E-state index >= 15 is 0 Å². The number of carbonyl (C=O) groups is 3. The zero-order chi connectivity index (χ0) is 27.4. The van der Waals surface area contributed by atoms with Crippen molar-refractivity contribution in [3.63, 3.8) is 0 Å². The maximum Gasteiger partial charge on any atom is 0.290 e. The average Bonchev–Trinajstić information content (AvgIpc) is 3.34. The molecule has 1 aromatic rings. The molecule has 0 saturated heterocycles. The van der Waals surface area contributed by atoms with Gasteiger partial charge in [0.1, 0.15) is 12.2 Å². The molecule has 0 unspecified atom stereocenters. The van der Waals surface area contributed by atoms with Crippen molar-refractivity contribution in [2.75, 3.05) is 26.8 Å². The Bertz CT molecular complexity index is 1080. The topological polar surface area (TPSA) is 146 Å². The van der Waals surface area contributed by atoms with Crippen LogP contribution in [0.2, 0.25) is 0 Å². The quantitative estimate of drug-likeness (QED) is 0.330. The van der Waals surface area contributed by atoms with E-state index in [1.165, 1.54) is 12.0 Å². The first-order valence-electron chi connectivity index (χ1n) is 13.4. The monoisotopic (exact) mass is 530 g/mol. The van der Waals surface area contributed by atoms with Gasteiger partial charge in [-0.1, -0.05) is 26.2 Å². The molecule has 0 bridgehead atoms. The van der Waals surface area contributed by atoms with Gasteiger partial charge in [0.05, 0.1) is 32.3 Å². The summed E-state index contributed by atoms with van der Waals surface area (Å²) >= 11 is 0. The molecule has 2 amide bonds. The van der Waals surface area contributed by atoms with Crippen LogP contribution in [0, 0.1) is 5.92 Å². The molecule has 10 heteroatoms. The largest absolute Gasteiger partial charge is 0.493 e. The summed E-state index contributed by atoms with van der Waals surface area (Å²) in [7, 11) is 1.47. The van der Waals surface area contributed by atoms with Crippen LogP contribution in [-0.4, -0.2) is 82.9 Å². The first-order chi connectivity index (χ1) is 18.3. The van der Waals surface area contributed by atoms with Crippen LogP contribution in [0.3, 0.4) is 0 Å². The fourth-order valence-electron chi connectivity index (χ4n) is 5.92. The first-order valence-corrected chi connectivity index (χ1v) is 13.4. The minimum absolute atomic E-state index is 0.0214. The Morgan fingerprint density at radius 3 is 2.53 bits per heavy atom. The highest BCUT2D eigenvalue weighted by molar-refractivity contribution is 6.36. The number of hydrogen-bond donors (Lipinski definition) is 4. The van der Waals surface area contributed by atoms with E-state index in [2.05, 4.69) is 5.32 Å². The molecule has 1 saturated carbocycles. The molecule has 38 heavy (non-hydrogen) atoms. The molecule has 1 heterocycles. The summed E-state index contributed by atoms with van der Waals surface area (Å²) in [6.07, 6.45) is 4.50. The van der Waals surface area contributed by atoms with E-state index in [4.69, 9.17) is 9.47 Å².